The second-order valence-corrected chi connectivity index (χ2v) is 5.59. The van der Waals surface area contributed by atoms with Gasteiger partial charge in [0.05, 0.1) is 18.5 Å². The van der Waals surface area contributed by atoms with Crippen LogP contribution in [0.1, 0.15) is 25.7 Å². The molecule has 98 valence electrons. The number of ether oxygens (including phenoxy) is 1. The zero-order chi connectivity index (χ0) is 12.5. The Hall–Kier alpha value is -1.52. The Morgan fingerprint density at radius 2 is 2.39 bits per heavy atom. The number of nitrogens with two attached hydrogens (primary N) is 1. The number of fused-ring (bicyclic) bond motifs is 2. The van der Waals surface area contributed by atoms with E-state index in [1.165, 1.54) is 36.6 Å². The van der Waals surface area contributed by atoms with Crippen molar-refractivity contribution in [2.45, 2.75) is 32.2 Å². The topological polar surface area (TPSA) is 70.1 Å². The quantitative estimate of drug-likeness (QED) is 0.820. The van der Waals surface area contributed by atoms with E-state index in [1.807, 2.05) is 0 Å². The summed E-state index contributed by atoms with van der Waals surface area (Å²) in [5.74, 6) is 2.06. The Kier molecular flexibility index (Phi) is 2.97. The highest BCUT2D eigenvalue weighted by Crippen LogP contribution is 2.48. The van der Waals surface area contributed by atoms with Crippen LogP contribution in [0.4, 0.5) is 5.69 Å². The van der Waals surface area contributed by atoms with Crippen LogP contribution >= 0.6 is 0 Å². The fourth-order valence-electron chi connectivity index (χ4n) is 3.42. The minimum absolute atomic E-state index is 0.151. The number of nitrogen functional groups attached to an aromatic ring is 1. The molecule has 0 saturated heterocycles. The molecule has 0 amide bonds. The van der Waals surface area contributed by atoms with E-state index in [2.05, 4.69) is 5.10 Å². The van der Waals surface area contributed by atoms with Crippen LogP contribution in [-0.2, 0) is 16.1 Å². The Balaban J connectivity index is 1.44. The maximum absolute atomic E-state index is 11.7. The molecule has 5 nitrogen and oxygen atoms in total. The lowest BCUT2D eigenvalue weighted by molar-refractivity contribution is -0.146. The van der Waals surface area contributed by atoms with Crippen molar-refractivity contribution >= 4 is 11.7 Å². The number of rotatable bonds is 4. The van der Waals surface area contributed by atoms with Crippen molar-refractivity contribution in [2.24, 2.45) is 17.8 Å². The summed E-state index contributed by atoms with van der Waals surface area (Å²) in [5, 5.41) is 3.96. The minimum atomic E-state index is -0.221. The molecule has 3 rings (SSSR count). The third-order valence-electron chi connectivity index (χ3n) is 4.29. The van der Waals surface area contributed by atoms with Crippen molar-refractivity contribution in [3.63, 3.8) is 0 Å². The SMILES string of the molecule is Nc1cnn(CC(=O)OCC2CC3CCC2C3)c1. The molecule has 1 aromatic rings. The average Bonchev–Trinajstić information content (AvgIpc) is 3.03. The van der Waals surface area contributed by atoms with Gasteiger partial charge in [0.25, 0.3) is 0 Å². The Bertz CT molecular complexity index is 443. The first-order chi connectivity index (χ1) is 8.70. The third-order valence-corrected chi connectivity index (χ3v) is 4.29. The van der Waals surface area contributed by atoms with Gasteiger partial charge in [-0.05, 0) is 37.0 Å². The second kappa shape index (κ2) is 4.63. The van der Waals surface area contributed by atoms with Gasteiger partial charge in [0, 0.05) is 6.20 Å². The van der Waals surface area contributed by atoms with Crippen LogP contribution < -0.4 is 5.73 Å². The minimum Gasteiger partial charge on any atom is -0.464 e. The Morgan fingerprint density at radius 3 is 3.00 bits per heavy atom. The molecule has 0 radical (unpaired) electrons. The summed E-state index contributed by atoms with van der Waals surface area (Å²) in [4.78, 5) is 11.7. The first kappa shape index (κ1) is 11.6. The van der Waals surface area contributed by atoms with Gasteiger partial charge >= 0.3 is 5.97 Å². The molecule has 2 N–H and O–H groups in total. The molecule has 0 aliphatic heterocycles. The predicted octanol–water partition coefficient (Wildman–Crippen LogP) is 1.44. The fourth-order valence-corrected chi connectivity index (χ4v) is 3.42. The molecule has 0 spiro atoms. The number of esters is 1. The standard InChI is InChI=1S/C13H19N3O2/c14-12-5-15-16(6-12)7-13(17)18-8-11-4-9-1-2-10(11)3-9/h5-6,9-11H,1-4,7-8,14H2. The van der Waals surface area contributed by atoms with Crippen molar-refractivity contribution in [1.82, 2.24) is 9.78 Å². The van der Waals surface area contributed by atoms with Gasteiger partial charge in [-0.15, -0.1) is 0 Å². The predicted molar refractivity (Wildman–Crippen MR) is 66.5 cm³/mol. The van der Waals surface area contributed by atoms with Crippen LogP contribution in [0, 0.1) is 17.8 Å². The van der Waals surface area contributed by atoms with Crippen LogP contribution in [0.3, 0.4) is 0 Å². The molecule has 2 aliphatic rings. The lowest BCUT2D eigenvalue weighted by Crippen LogP contribution is -2.21. The first-order valence-corrected chi connectivity index (χ1v) is 6.64. The van der Waals surface area contributed by atoms with E-state index in [0.717, 1.165) is 11.8 Å². The summed E-state index contributed by atoms with van der Waals surface area (Å²) < 4.78 is 6.86. The monoisotopic (exact) mass is 249 g/mol. The Labute approximate surface area is 106 Å². The van der Waals surface area contributed by atoms with Crippen LogP contribution in [0.15, 0.2) is 12.4 Å². The molecule has 5 heteroatoms. The molecule has 2 bridgehead atoms. The third kappa shape index (κ3) is 2.35. The summed E-state index contributed by atoms with van der Waals surface area (Å²) in [6, 6.07) is 0. The van der Waals surface area contributed by atoms with Crippen LogP contribution in [0.5, 0.6) is 0 Å². The maximum Gasteiger partial charge on any atom is 0.327 e. The number of nitrogens with zero attached hydrogens (tertiary/aromatic N) is 2. The first-order valence-electron chi connectivity index (χ1n) is 6.64. The van der Waals surface area contributed by atoms with Gasteiger partial charge in [-0.3, -0.25) is 9.48 Å². The highest BCUT2D eigenvalue weighted by Gasteiger charge is 2.39. The van der Waals surface area contributed by atoms with Crippen molar-refractivity contribution in [1.29, 1.82) is 0 Å². The summed E-state index contributed by atoms with van der Waals surface area (Å²) in [5.41, 5.74) is 6.10. The summed E-state index contributed by atoms with van der Waals surface area (Å²) >= 11 is 0. The summed E-state index contributed by atoms with van der Waals surface area (Å²) in [7, 11) is 0. The maximum atomic E-state index is 11.7. The van der Waals surface area contributed by atoms with Gasteiger partial charge in [-0.2, -0.15) is 5.10 Å². The van der Waals surface area contributed by atoms with Crippen LogP contribution in [0.25, 0.3) is 0 Å². The summed E-state index contributed by atoms with van der Waals surface area (Å²) in [6.07, 6.45) is 8.46. The van der Waals surface area contributed by atoms with Gasteiger partial charge in [0.2, 0.25) is 0 Å². The molecule has 2 aliphatic carbocycles. The zero-order valence-electron chi connectivity index (χ0n) is 10.4. The molecule has 0 aromatic carbocycles. The van der Waals surface area contributed by atoms with Gasteiger partial charge in [0.1, 0.15) is 6.54 Å². The lowest BCUT2D eigenvalue weighted by atomic mass is 9.90. The van der Waals surface area contributed by atoms with Crippen molar-refractivity contribution in [3.8, 4) is 0 Å². The van der Waals surface area contributed by atoms with Crippen molar-refractivity contribution < 1.29 is 9.53 Å². The van der Waals surface area contributed by atoms with Crippen molar-refractivity contribution in [3.05, 3.63) is 12.4 Å². The van der Waals surface area contributed by atoms with Gasteiger partial charge in [0.15, 0.2) is 0 Å². The zero-order valence-corrected chi connectivity index (χ0v) is 10.4. The van der Waals surface area contributed by atoms with Gasteiger partial charge in [-0.25, -0.2) is 0 Å². The lowest BCUT2D eigenvalue weighted by Gasteiger charge is -2.21. The van der Waals surface area contributed by atoms with Crippen LogP contribution in [-0.4, -0.2) is 22.4 Å². The number of aromatic nitrogens is 2. The molecule has 1 heterocycles. The average molecular weight is 249 g/mol. The van der Waals surface area contributed by atoms with Crippen LogP contribution in [0.2, 0.25) is 0 Å². The normalized spacial score (nSPS) is 29.7. The molecule has 2 fully saturated rings. The van der Waals surface area contributed by atoms with E-state index in [0.29, 0.717) is 18.2 Å². The molecular weight excluding hydrogens is 230 g/mol. The van der Waals surface area contributed by atoms with E-state index in [9.17, 15) is 4.79 Å². The Morgan fingerprint density at radius 1 is 1.50 bits per heavy atom. The second-order valence-electron chi connectivity index (χ2n) is 5.59. The van der Waals surface area contributed by atoms with E-state index in [-0.39, 0.29) is 12.5 Å². The van der Waals surface area contributed by atoms with Crippen molar-refractivity contribution in [2.75, 3.05) is 12.3 Å². The van der Waals surface area contributed by atoms with E-state index >= 15 is 0 Å². The fraction of sp³-hybridized carbons (Fsp3) is 0.692. The van der Waals surface area contributed by atoms with Gasteiger partial charge < -0.3 is 10.5 Å². The number of carbonyl (C=O) groups is 1. The van der Waals surface area contributed by atoms with E-state index in [4.69, 9.17) is 10.5 Å². The molecule has 18 heavy (non-hydrogen) atoms. The van der Waals surface area contributed by atoms with E-state index in [1.54, 1.807) is 6.20 Å². The summed E-state index contributed by atoms with van der Waals surface area (Å²) in [6.45, 7) is 0.731. The molecular formula is C13H19N3O2. The van der Waals surface area contributed by atoms with E-state index < -0.39 is 0 Å². The molecule has 2 saturated carbocycles. The smallest absolute Gasteiger partial charge is 0.327 e. The molecule has 3 unspecified atom stereocenters. The number of carbonyl (C=O) groups excluding carboxylic acids is 1. The highest BCUT2D eigenvalue weighted by atomic mass is 16.5. The number of anilines is 1. The number of hydrogen-bond donors (Lipinski definition) is 1. The molecule has 3 atom stereocenters. The highest BCUT2D eigenvalue weighted by molar-refractivity contribution is 5.69. The number of hydrogen-bond acceptors (Lipinski definition) is 4. The largest absolute Gasteiger partial charge is 0.464 e. The van der Waals surface area contributed by atoms with Gasteiger partial charge in [-0.1, -0.05) is 6.42 Å². The molecule has 1 aromatic heterocycles.